The molecule has 1 aliphatic heterocycles. The van der Waals surface area contributed by atoms with Crippen molar-refractivity contribution in [1.82, 2.24) is 4.90 Å². The minimum absolute atomic E-state index is 0.103. The van der Waals surface area contributed by atoms with Crippen molar-refractivity contribution in [2.45, 2.75) is 32.6 Å². The van der Waals surface area contributed by atoms with Crippen molar-refractivity contribution < 1.29 is 14.7 Å². The minimum Gasteiger partial charge on any atom is -0.481 e. The molecule has 1 saturated heterocycles. The lowest BCUT2D eigenvalue weighted by Crippen LogP contribution is -2.53. The lowest BCUT2D eigenvalue weighted by molar-refractivity contribution is -0.150. The van der Waals surface area contributed by atoms with Crippen molar-refractivity contribution in [2.24, 2.45) is 11.8 Å². The highest BCUT2D eigenvalue weighted by molar-refractivity contribution is 5.80. The molecule has 1 aromatic rings. The summed E-state index contributed by atoms with van der Waals surface area (Å²) in [6.07, 6.45) is 3.93. The summed E-state index contributed by atoms with van der Waals surface area (Å²) in [4.78, 5) is 24.9. The van der Waals surface area contributed by atoms with Gasteiger partial charge in [-0.1, -0.05) is 25.1 Å². The third-order valence-electron chi connectivity index (χ3n) is 4.88. The number of aryl methyl sites for hydroxylation is 2. The molecule has 1 heterocycles. The molecule has 2 aliphatic rings. The number of carbonyl (C=O) groups excluding carboxylic acids is 1. The van der Waals surface area contributed by atoms with Crippen LogP contribution in [0.2, 0.25) is 0 Å². The predicted molar refractivity (Wildman–Crippen MR) is 79.0 cm³/mol. The molecule has 1 atom stereocenters. The highest BCUT2D eigenvalue weighted by atomic mass is 16.4. The van der Waals surface area contributed by atoms with Crippen LogP contribution in [0.25, 0.3) is 0 Å². The van der Waals surface area contributed by atoms with Crippen LogP contribution in [0.5, 0.6) is 0 Å². The molecule has 3 rings (SSSR count). The molecule has 0 aromatic heterocycles. The van der Waals surface area contributed by atoms with Gasteiger partial charge in [-0.25, -0.2) is 0 Å². The molecule has 1 amide bonds. The number of hydrogen-bond acceptors (Lipinski definition) is 2. The van der Waals surface area contributed by atoms with Crippen LogP contribution in [-0.4, -0.2) is 35.0 Å². The van der Waals surface area contributed by atoms with Crippen molar-refractivity contribution in [1.29, 1.82) is 0 Å². The number of rotatable bonds is 4. The zero-order valence-electron chi connectivity index (χ0n) is 12.3. The van der Waals surface area contributed by atoms with Gasteiger partial charge in [0.15, 0.2) is 0 Å². The molecule has 4 nitrogen and oxygen atoms in total. The number of benzene rings is 1. The monoisotopic (exact) mass is 287 g/mol. The van der Waals surface area contributed by atoms with Crippen LogP contribution in [0.4, 0.5) is 0 Å². The predicted octanol–water partition coefficient (Wildman–Crippen LogP) is 1.90. The van der Waals surface area contributed by atoms with Gasteiger partial charge in [0.1, 0.15) is 0 Å². The molecule has 112 valence electrons. The van der Waals surface area contributed by atoms with E-state index in [1.165, 1.54) is 17.5 Å². The fourth-order valence-electron chi connectivity index (χ4n) is 3.26. The highest BCUT2D eigenvalue weighted by Gasteiger charge is 2.36. The topological polar surface area (TPSA) is 57.6 Å². The molecule has 4 heteroatoms. The summed E-state index contributed by atoms with van der Waals surface area (Å²) in [5, 5.41) is 8.96. The Balaban J connectivity index is 1.55. The summed E-state index contributed by atoms with van der Waals surface area (Å²) in [5.74, 6) is -0.923. The number of carboxylic acids is 1. The number of carbonyl (C=O) groups is 2. The molecule has 1 N–H and O–H groups in total. The van der Waals surface area contributed by atoms with Gasteiger partial charge >= 0.3 is 5.97 Å². The Bertz CT molecular complexity index is 575. The van der Waals surface area contributed by atoms with E-state index in [9.17, 15) is 9.59 Å². The van der Waals surface area contributed by atoms with Gasteiger partial charge in [-0.2, -0.15) is 0 Å². The molecule has 0 spiro atoms. The van der Waals surface area contributed by atoms with E-state index >= 15 is 0 Å². The van der Waals surface area contributed by atoms with E-state index in [0.29, 0.717) is 19.5 Å². The third kappa shape index (κ3) is 2.80. The van der Waals surface area contributed by atoms with E-state index in [-0.39, 0.29) is 17.7 Å². The van der Waals surface area contributed by atoms with E-state index in [0.717, 1.165) is 18.4 Å². The first kappa shape index (κ1) is 14.1. The average Bonchev–Trinajstić information content (AvgIpc) is 2.84. The first-order chi connectivity index (χ1) is 10.0. The minimum atomic E-state index is -0.772. The smallest absolute Gasteiger partial charge is 0.306 e. The Morgan fingerprint density at radius 3 is 2.71 bits per heavy atom. The van der Waals surface area contributed by atoms with Crippen molar-refractivity contribution in [2.75, 3.05) is 13.1 Å². The molecule has 1 aromatic carbocycles. The molecule has 1 fully saturated rings. The second kappa shape index (κ2) is 5.51. The van der Waals surface area contributed by atoms with E-state index in [4.69, 9.17) is 5.11 Å². The number of fused-ring (bicyclic) bond motifs is 1. The van der Waals surface area contributed by atoms with Crippen LogP contribution in [0.15, 0.2) is 18.2 Å². The van der Waals surface area contributed by atoms with Crippen molar-refractivity contribution in [3.8, 4) is 0 Å². The third-order valence-corrected chi connectivity index (χ3v) is 4.88. The maximum Gasteiger partial charge on any atom is 0.306 e. The second-order valence-electron chi connectivity index (χ2n) is 6.32. The first-order valence-corrected chi connectivity index (χ1v) is 7.66. The number of likely N-dealkylation sites (tertiary alicyclic amines) is 1. The zero-order chi connectivity index (χ0) is 15.0. The Morgan fingerprint density at radius 1 is 1.29 bits per heavy atom. The van der Waals surface area contributed by atoms with E-state index in [1.54, 1.807) is 11.8 Å². The molecular formula is C17H21NO3. The number of amides is 1. The fraction of sp³-hybridized carbons (Fsp3) is 0.529. The summed E-state index contributed by atoms with van der Waals surface area (Å²) in [7, 11) is 0. The highest BCUT2D eigenvalue weighted by Crippen LogP contribution is 2.26. The van der Waals surface area contributed by atoms with Crippen LogP contribution in [0.1, 0.15) is 30.0 Å². The molecule has 0 bridgehead atoms. The van der Waals surface area contributed by atoms with Crippen LogP contribution in [0, 0.1) is 11.8 Å². The standard InChI is InChI=1S/C17H21NO3/c1-11(17(20)21)15-9-18(10-15)16(19)8-12-5-6-13-3-2-4-14(13)7-12/h5-7,11,15H,2-4,8-10H2,1H3,(H,20,21). The van der Waals surface area contributed by atoms with Crippen molar-refractivity contribution >= 4 is 11.9 Å². The van der Waals surface area contributed by atoms with E-state index < -0.39 is 5.97 Å². The SMILES string of the molecule is CC(C(=O)O)C1CN(C(=O)Cc2ccc3c(c2)CCC3)C1. The van der Waals surface area contributed by atoms with Crippen LogP contribution >= 0.6 is 0 Å². The van der Waals surface area contributed by atoms with Gasteiger partial charge < -0.3 is 10.0 Å². The summed E-state index contributed by atoms with van der Waals surface area (Å²) in [6.45, 7) is 2.88. The van der Waals surface area contributed by atoms with Gasteiger partial charge in [-0.15, -0.1) is 0 Å². The largest absolute Gasteiger partial charge is 0.481 e. The number of carboxylic acid groups (broad SMARTS) is 1. The molecule has 0 saturated carbocycles. The lowest BCUT2D eigenvalue weighted by Gasteiger charge is -2.41. The van der Waals surface area contributed by atoms with Crippen molar-refractivity contribution in [3.63, 3.8) is 0 Å². The van der Waals surface area contributed by atoms with E-state index in [1.807, 2.05) is 0 Å². The molecule has 1 unspecified atom stereocenters. The Kier molecular flexibility index (Phi) is 3.70. The quantitative estimate of drug-likeness (QED) is 0.920. The summed E-state index contributed by atoms with van der Waals surface area (Å²) >= 11 is 0. The van der Waals surface area contributed by atoms with Crippen molar-refractivity contribution in [3.05, 3.63) is 34.9 Å². The molecule has 21 heavy (non-hydrogen) atoms. The maximum atomic E-state index is 12.2. The first-order valence-electron chi connectivity index (χ1n) is 7.66. The Hall–Kier alpha value is -1.84. The van der Waals surface area contributed by atoms with Gasteiger partial charge in [0.2, 0.25) is 5.91 Å². The lowest BCUT2D eigenvalue weighted by atomic mass is 9.86. The molecule has 1 aliphatic carbocycles. The normalized spacial score (nSPS) is 19.0. The van der Waals surface area contributed by atoms with Gasteiger partial charge in [0, 0.05) is 19.0 Å². The fourth-order valence-corrected chi connectivity index (χ4v) is 3.26. The number of hydrogen-bond donors (Lipinski definition) is 1. The molecular weight excluding hydrogens is 266 g/mol. The Morgan fingerprint density at radius 2 is 2.00 bits per heavy atom. The van der Waals surface area contributed by atoms with Gasteiger partial charge in [-0.3, -0.25) is 9.59 Å². The number of aliphatic carboxylic acids is 1. The van der Waals surface area contributed by atoms with Crippen LogP contribution < -0.4 is 0 Å². The van der Waals surface area contributed by atoms with Gasteiger partial charge in [0.05, 0.1) is 12.3 Å². The summed E-state index contributed by atoms with van der Waals surface area (Å²) in [6, 6.07) is 6.37. The zero-order valence-corrected chi connectivity index (χ0v) is 12.3. The summed E-state index contributed by atoms with van der Waals surface area (Å²) in [5.41, 5.74) is 3.89. The Labute approximate surface area is 124 Å². The molecule has 0 radical (unpaired) electrons. The maximum absolute atomic E-state index is 12.2. The van der Waals surface area contributed by atoms with Gasteiger partial charge in [-0.05, 0) is 36.0 Å². The van der Waals surface area contributed by atoms with E-state index in [2.05, 4.69) is 18.2 Å². The number of nitrogens with zero attached hydrogens (tertiary/aromatic N) is 1. The van der Waals surface area contributed by atoms with Gasteiger partial charge in [0.25, 0.3) is 0 Å². The summed E-state index contributed by atoms with van der Waals surface area (Å²) < 4.78 is 0. The second-order valence-corrected chi connectivity index (χ2v) is 6.32. The van der Waals surface area contributed by atoms with Crippen LogP contribution in [0.3, 0.4) is 0 Å². The average molecular weight is 287 g/mol. The van der Waals surface area contributed by atoms with Crippen LogP contribution in [-0.2, 0) is 28.9 Å².